The van der Waals surface area contributed by atoms with Crippen LogP contribution in [0.3, 0.4) is 0 Å². The molecule has 13 heteroatoms. The Morgan fingerprint density at radius 3 is 2.56 bits per heavy atom. The van der Waals surface area contributed by atoms with E-state index in [0.717, 1.165) is 15.9 Å². The number of halogens is 4. The highest BCUT2D eigenvalue weighted by Gasteiger charge is 2.68. The maximum atomic E-state index is 14.5. The summed E-state index contributed by atoms with van der Waals surface area (Å²) in [4.78, 5) is 27.0. The number of carbonyl (C=O) groups is 2. The fraction of sp³-hybridized carbons (Fsp3) is 0.429. The van der Waals surface area contributed by atoms with Gasteiger partial charge in [-0.2, -0.15) is 13.2 Å². The van der Waals surface area contributed by atoms with E-state index in [-0.39, 0.29) is 35.9 Å². The normalized spacial score (nSPS) is 20.4. The monoisotopic (exact) mass is 483 g/mol. The third-order valence-electron chi connectivity index (χ3n) is 5.53. The van der Waals surface area contributed by atoms with Crippen LogP contribution in [0.1, 0.15) is 20.8 Å². The van der Waals surface area contributed by atoms with Crippen molar-refractivity contribution in [1.82, 2.24) is 15.1 Å². The van der Waals surface area contributed by atoms with Crippen molar-refractivity contribution in [3.63, 3.8) is 0 Å². The van der Waals surface area contributed by atoms with Crippen LogP contribution in [-0.2, 0) is 9.53 Å². The zero-order valence-corrected chi connectivity index (χ0v) is 18.4. The molecule has 4 rings (SSSR count). The maximum absolute atomic E-state index is 14.5. The summed E-state index contributed by atoms with van der Waals surface area (Å²) in [5.74, 6) is -3.33. The number of rotatable bonds is 1. The SMILES string of the molecule is CC(C)(C)OC(=O)N1CCN2c3cc(-c4cccc(F)c4O)nnc3NC(=O)C2(C(F)(F)F)C1. The molecular formula is C21H21F4N5O4. The van der Waals surface area contributed by atoms with E-state index in [4.69, 9.17) is 4.74 Å². The molecular weight excluding hydrogens is 462 g/mol. The minimum Gasteiger partial charge on any atom is -0.504 e. The highest BCUT2D eigenvalue weighted by atomic mass is 19.4. The summed E-state index contributed by atoms with van der Waals surface area (Å²) >= 11 is 0. The second-order valence-electron chi connectivity index (χ2n) is 8.97. The Kier molecular flexibility index (Phi) is 5.33. The van der Waals surface area contributed by atoms with Crippen molar-refractivity contribution in [2.45, 2.75) is 38.1 Å². The van der Waals surface area contributed by atoms with Gasteiger partial charge in [-0.15, -0.1) is 10.2 Å². The van der Waals surface area contributed by atoms with Gasteiger partial charge in [-0.3, -0.25) is 4.79 Å². The maximum Gasteiger partial charge on any atom is 0.422 e. The summed E-state index contributed by atoms with van der Waals surface area (Å²) in [5.41, 5.74) is -4.39. The standard InChI is InChI=1S/C21H21F4N5O4/c1-19(2,3)34-18(33)29-7-8-30-14-9-13(11-5-4-6-12(22)15(11)31)27-28-16(14)26-17(32)20(30,10-29)21(23,24)25/h4-6,9,31H,7-8,10H2,1-3H3,(H,26,28,32). The van der Waals surface area contributed by atoms with Crippen LogP contribution in [0.5, 0.6) is 5.75 Å². The minimum absolute atomic E-state index is 0.0859. The first kappa shape index (κ1) is 23.5. The molecule has 1 unspecified atom stereocenters. The van der Waals surface area contributed by atoms with Gasteiger partial charge in [0.05, 0.1) is 17.9 Å². The predicted molar refractivity (Wildman–Crippen MR) is 112 cm³/mol. The molecule has 1 saturated heterocycles. The molecule has 34 heavy (non-hydrogen) atoms. The molecule has 182 valence electrons. The third kappa shape index (κ3) is 3.74. The first-order chi connectivity index (χ1) is 15.7. The van der Waals surface area contributed by atoms with Gasteiger partial charge >= 0.3 is 12.3 Å². The van der Waals surface area contributed by atoms with Gasteiger partial charge in [-0.05, 0) is 39.0 Å². The number of anilines is 2. The Labute approximate surface area is 191 Å². The molecule has 2 aromatic rings. The Balaban J connectivity index is 1.79. The number of hydrogen-bond acceptors (Lipinski definition) is 7. The highest BCUT2D eigenvalue weighted by molar-refractivity contribution is 6.07. The second kappa shape index (κ2) is 7.71. The molecule has 0 saturated carbocycles. The number of phenolic OH excluding ortho intramolecular Hbond substituents is 1. The molecule has 0 bridgehead atoms. The van der Waals surface area contributed by atoms with E-state index in [0.29, 0.717) is 0 Å². The van der Waals surface area contributed by atoms with Crippen LogP contribution in [0.25, 0.3) is 11.3 Å². The van der Waals surface area contributed by atoms with Crippen LogP contribution in [0.2, 0.25) is 0 Å². The number of nitrogens with one attached hydrogen (secondary N) is 1. The zero-order valence-electron chi connectivity index (χ0n) is 18.4. The van der Waals surface area contributed by atoms with E-state index in [1.807, 2.05) is 0 Å². The van der Waals surface area contributed by atoms with Crippen molar-refractivity contribution in [2.75, 3.05) is 29.9 Å². The molecule has 3 heterocycles. The van der Waals surface area contributed by atoms with Gasteiger partial charge in [-0.1, -0.05) is 6.07 Å². The topological polar surface area (TPSA) is 108 Å². The van der Waals surface area contributed by atoms with Crippen molar-refractivity contribution < 1.29 is 37.0 Å². The lowest BCUT2D eigenvalue weighted by Crippen LogP contribution is -2.76. The number of carbonyl (C=O) groups excluding carboxylic acids is 2. The summed E-state index contributed by atoms with van der Waals surface area (Å²) in [6.07, 6.45) is -6.08. The molecule has 1 atom stereocenters. The van der Waals surface area contributed by atoms with Crippen LogP contribution in [0, 0.1) is 5.82 Å². The highest BCUT2D eigenvalue weighted by Crippen LogP contribution is 2.47. The van der Waals surface area contributed by atoms with Gasteiger partial charge in [0.15, 0.2) is 17.4 Å². The molecule has 1 aromatic heterocycles. The van der Waals surface area contributed by atoms with E-state index < -0.39 is 47.4 Å². The number of benzene rings is 1. The number of para-hydroxylation sites is 1. The molecule has 2 aliphatic rings. The molecule has 2 N–H and O–H groups in total. The summed E-state index contributed by atoms with van der Waals surface area (Å²) in [7, 11) is 0. The van der Waals surface area contributed by atoms with Gasteiger partial charge in [0.2, 0.25) is 5.54 Å². The molecule has 1 fully saturated rings. The number of fused-ring (bicyclic) bond motifs is 3. The van der Waals surface area contributed by atoms with Crippen molar-refractivity contribution in [3.05, 3.63) is 30.1 Å². The van der Waals surface area contributed by atoms with E-state index in [2.05, 4.69) is 15.5 Å². The first-order valence-electron chi connectivity index (χ1n) is 10.2. The smallest absolute Gasteiger partial charge is 0.422 e. The van der Waals surface area contributed by atoms with Crippen molar-refractivity contribution in [3.8, 4) is 17.0 Å². The largest absolute Gasteiger partial charge is 0.504 e. The van der Waals surface area contributed by atoms with E-state index in [1.165, 1.54) is 18.2 Å². The number of aromatic nitrogens is 2. The summed E-state index contributed by atoms with van der Waals surface area (Å²) in [6.45, 7) is 3.17. The number of amides is 2. The van der Waals surface area contributed by atoms with Crippen molar-refractivity contribution in [1.29, 1.82) is 0 Å². The predicted octanol–water partition coefficient (Wildman–Crippen LogP) is 3.30. The number of phenols is 1. The quantitative estimate of drug-likeness (QED) is 0.600. The van der Waals surface area contributed by atoms with Crippen LogP contribution >= 0.6 is 0 Å². The molecule has 2 amide bonds. The zero-order chi connectivity index (χ0) is 25.1. The van der Waals surface area contributed by atoms with Gasteiger partial charge < -0.3 is 25.0 Å². The lowest BCUT2D eigenvalue weighted by molar-refractivity contribution is -0.196. The Morgan fingerprint density at radius 2 is 1.91 bits per heavy atom. The molecule has 2 aliphatic heterocycles. The van der Waals surface area contributed by atoms with Gasteiger partial charge in [-0.25, -0.2) is 9.18 Å². The fourth-order valence-electron chi connectivity index (χ4n) is 3.97. The lowest BCUT2D eigenvalue weighted by Gasteiger charge is -2.52. The fourth-order valence-corrected chi connectivity index (χ4v) is 3.97. The van der Waals surface area contributed by atoms with Crippen LogP contribution in [0.4, 0.5) is 33.9 Å². The Hall–Kier alpha value is -3.64. The number of aromatic hydroxyl groups is 1. The van der Waals surface area contributed by atoms with Gasteiger partial charge in [0.1, 0.15) is 5.60 Å². The molecule has 0 radical (unpaired) electrons. The Bertz CT molecular complexity index is 1170. The molecule has 1 aromatic carbocycles. The minimum atomic E-state index is -5.10. The average Bonchev–Trinajstić information content (AvgIpc) is 2.73. The number of nitrogens with zero attached hydrogens (tertiary/aromatic N) is 4. The number of hydrogen-bond donors (Lipinski definition) is 2. The third-order valence-corrected chi connectivity index (χ3v) is 5.53. The van der Waals surface area contributed by atoms with E-state index in [1.54, 1.807) is 20.8 Å². The average molecular weight is 483 g/mol. The van der Waals surface area contributed by atoms with Crippen molar-refractivity contribution >= 4 is 23.5 Å². The van der Waals surface area contributed by atoms with Crippen LogP contribution < -0.4 is 10.2 Å². The van der Waals surface area contributed by atoms with E-state index >= 15 is 0 Å². The summed E-state index contributed by atoms with van der Waals surface area (Å²) < 4.78 is 62.6. The number of alkyl halides is 3. The number of piperazine rings is 1. The van der Waals surface area contributed by atoms with Crippen LogP contribution in [0.15, 0.2) is 24.3 Å². The second-order valence-corrected chi connectivity index (χ2v) is 8.97. The summed E-state index contributed by atoms with van der Waals surface area (Å²) in [6, 6.07) is 4.82. The molecule has 9 nitrogen and oxygen atoms in total. The number of ether oxygens (including phenoxy) is 1. The lowest BCUT2D eigenvalue weighted by atomic mass is 9.88. The Morgan fingerprint density at radius 1 is 1.21 bits per heavy atom. The molecule has 0 spiro atoms. The van der Waals surface area contributed by atoms with Gasteiger partial charge in [0, 0.05) is 18.7 Å². The molecule has 0 aliphatic carbocycles. The van der Waals surface area contributed by atoms with Crippen LogP contribution in [-0.4, -0.2) is 69.2 Å². The first-order valence-corrected chi connectivity index (χ1v) is 10.2. The van der Waals surface area contributed by atoms with Gasteiger partial charge in [0.25, 0.3) is 5.91 Å². The van der Waals surface area contributed by atoms with E-state index in [9.17, 15) is 32.3 Å². The van der Waals surface area contributed by atoms with Crippen molar-refractivity contribution in [2.24, 2.45) is 0 Å². The summed E-state index contributed by atoms with van der Waals surface area (Å²) in [5, 5.41) is 19.8.